The van der Waals surface area contributed by atoms with Gasteiger partial charge in [-0.3, -0.25) is 0 Å². The normalized spacial score (nSPS) is 11.5. The Morgan fingerprint density at radius 3 is 2.16 bits per heavy atom. The van der Waals surface area contributed by atoms with Crippen LogP contribution in [0.1, 0.15) is 37.9 Å². The van der Waals surface area contributed by atoms with Gasteiger partial charge >= 0.3 is 0 Å². The van der Waals surface area contributed by atoms with Crippen LogP contribution in [0.5, 0.6) is 17.2 Å². The molecule has 3 aromatic carbocycles. The summed E-state index contributed by atoms with van der Waals surface area (Å²) >= 11 is 0. The number of aromatic nitrogens is 2. The highest BCUT2D eigenvalue weighted by Gasteiger charge is 2.21. The Labute approximate surface area is 255 Å². The highest BCUT2D eigenvalue weighted by Crippen LogP contribution is 2.43. The van der Waals surface area contributed by atoms with Gasteiger partial charge in [0.1, 0.15) is 0 Å². The molecule has 0 aliphatic rings. The number of nitrogens with one attached hydrogen (secondary N) is 1. The first-order chi connectivity index (χ1) is 21.1. The van der Waals surface area contributed by atoms with Crippen LogP contribution in [0.15, 0.2) is 72.8 Å². The third-order valence-electron chi connectivity index (χ3n) is 8.20. The zero-order valence-corrected chi connectivity index (χ0v) is 26.2. The fourth-order valence-electron chi connectivity index (χ4n) is 5.91. The van der Waals surface area contributed by atoms with E-state index in [1.54, 1.807) is 21.3 Å². The van der Waals surface area contributed by atoms with Crippen molar-refractivity contribution in [3.8, 4) is 28.5 Å². The van der Waals surface area contributed by atoms with Gasteiger partial charge in [-0.15, -0.1) is 0 Å². The maximum Gasteiger partial charge on any atom is 0.203 e. The van der Waals surface area contributed by atoms with E-state index >= 15 is 0 Å². The monoisotopic (exact) mass is 580 g/mol. The second kappa shape index (κ2) is 14.4. The van der Waals surface area contributed by atoms with E-state index in [9.17, 15) is 0 Å². The van der Waals surface area contributed by atoms with Crippen LogP contribution in [0.2, 0.25) is 0 Å². The van der Waals surface area contributed by atoms with Gasteiger partial charge in [0.2, 0.25) is 5.75 Å². The summed E-state index contributed by atoms with van der Waals surface area (Å²) in [6.45, 7) is 10.2. The molecule has 2 heterocycles. The summed E-state index contributed by atoms with van der Waals surface area (Å²) in [7, 11) is 4.93. The molecule has 0 spiro atoms. The van der Waals surface area contributed by atoms with E-state index in [-0.39, 0.29) is 0 Å². The van der Waals surface area contributed by atoms with E-state index in [1.807, 2.05) is 12.1 Å². The molecule has 0 amide bonds. The molecule has 1 N–H and O–H groups in total. The highest BCUT2D eigenvalue weighted by atomic mass is 16.5. The van der Waals surface area contributed by atoms with Crippen molar-refractivity contribution in [3.63, 3.8) is 0 Å². The lowest BCUT2D eigenvalue weighted by molar-refractivity contribution is 0.296. The Balaban J connectivity index is 1.60. The minimum atomic E-state index is 0.567. The van der Waals surface area contributed by atoms with Gasteiger partial charge in [-0.1, -0.05) is 62.4 Å². The molecule has 0 saturated heterocycles. The lowest BCUT2D eigenvalue weighted by Crippen LogP contribution is -2.25. The van der Waals surface area contributed by atoms with Gasteiger partial charge in [0.05, 0.1) is 38.2 Å². The number of rotatable bonds is 15. The molecule has 43 heavy (non-hydrogen) atoms. The lowest BCUT2D eigenvalue weighted by Gasteiger charge is -2.17. The number of fused-ring (bicyclic) bond motifs is 3. The molecular formula is C36H44N4O3. The van der Waals surface area contributed by atoms with Crippen LogP contribution < -0.4 is 19.5 Å². The summed E-state index contributed by atoms with van der Waals surface area (Å²) < 4.78 is 19.5. The number of nitrogens with zero attached hydrogens (tertiary/aromatic N) is 3. The van der Waals surface area contributed by atoms with Crippen LogP contribution in [-0.4, -0.2) is 62.0 Å². The smallest absolute Gasteiger partial charge is 0.203 e. The minimum absolute atomic E-state index is 0.567. The molecule has 7 nitrogen and oxygen atoms in total. The third kappa shape index (κ3) is 6.63. The second-order valence-corrected chi connectivity index (χ2v) is 10.8. The highest BCUT2D eigenvalue weighted by molar-refractivity contribution is 6.12. The molecular weight excluding hydrogens is 536 g/mol. The van der Waals surface area contributed by atoms with Gasteiger partial charge in [-0.2, -0.15) is 0 Å². The number of benzene rings is 3. The van der Waals surface area contributed by atoms with Crippen LogP contribution >= 0.6 is 0 Å². The number of methoxy groups -OCH3 is 3. The summed E-state index contributed by atoms with van der Waals surface area (Å²) in [6.07, 6.45) is 2.32. The van der Waals surface area contributed by atoms with Crippen molar-refractivity contribution in [2.45, 2.75) is 39.8 Å². The van der Waals surface area contributed by atoms with E-state index in [0.717, 1.165) is 61.6 Å². The van der Waals surface area contributed by atoms with Crippen LogP contribution in [0, 0.1) is 0 Å². The van der Waals surface area contributed by atoms with Gasteiger partial charge < -0.3 is 29.0 Å². The molecule has 0 atom stereocenters. The Morgan fingerprint density at radius 1 is 0.791 bits per heavy atom. The van der Waals surface area contributed by atoms with E-state index in [4.69, 9.17) is 19.2 Å². The standard InChI is InChI=1S/C36H44N4O3/c1-6-39(7-2)20-14-13-19-37-24-28-23-30-29-17-11-12-18-31(29)40(25-26-15-9-8-10-16-26)35(30)34(38-28)27-21-32(41-3)36(43-5)33(22-27)42-4/h8-12,15-18,21-23,37H,6-7,13-14,19-20,24-25H2,1-5H3. The molecule has 0 saturated carbocycles. The van der Waals surface area contributed by atoms with Crippen molar-refractivity contribution in [2.24, 2.45) is 0 Å². The van der Waals surface area contributed by atoms with Gasteiger partial charge in [0.25, 0.3) is 0 Å². The molecule has 0 bridgehead atoms. The maximum absolute atomic E-state index is 5.75. The number of pyridine rings is 1. The summed E-state index contributed by atoms with van der Waals surface area (Å²) in [5.74, 6) is 1.78. The summed E-state index contributed by atoms with van der Waals surface area (Å²) in [6, 6.07) is 25.5. The fraction of sp³-hybridized carbons (Fsp3) is 0.361. The van der Waals surface area contributed by atoms with Gasteiger partial charge in [-0.05, 0) is 68.8 Å². The molecule has 7 heteroatoms. The maximum atomic E-state index is 5.75. The molecule has 226 valence electrons. The van der Waals surface area contributed by atoms with E-state index in [0.29, 0.717) is 23.8 Å². The lowest BCUT2D eigenvalue weighted by atomic mass is 10.0. The van der Waals surface area contributed by atoms with Crippen molar-refractivity contribution < 1.29 is 14.2 Å². The molecule has 0 fully saturated rings. The SMILES string of the molecule is CCN(CC)CCCCNCc1cc2c3ccccc3n(Cc3ccccc3)c2c(-c2cc(OC)c(OC)c(OC)c2)n1. The zero-order valence-electron chi connectivity index (χ0n) is 26.2. The summed E-state index contributed by atoms with van der Waals surface area (Å²) in [5, 5.41) is 6.05. The molecule has 0 unspecified atom stereocenters. The van der Waals surface area contributed by atoms with Gasteiger partial charge in [0, 0.05) is 34.9 Å². The first-order valence-electron chi connectivity index (χ1n) is 15.3. The largest absolute Gasteiger partial charge is 0.493 e. The topological polar surface area (TPSA) is 60.8 Å². The molecule has 0 aliphatic carbocycles. The molecule has 2 aromatic heterocycles. The predicted octanol–water partition coefficient (Wildman–Crippen LogP) is 7.14. The molecule has 5 aromatic rings. The van der Waals surface area contributed by atoms with Crippen LogP contribution in [-0.2, 0) is 13.1 Å². The molecule has 5 rings (SSSR count). The number of hydrogen-bond acceptors (Lipinski definition) is 6. The van der Waals surface area contributed by atoms with Gasteiger partial charge in [0.15, 0.2) is 11.5 Å². The predicted molar refractivity (Wildman–Crippen MR) is 177 cm³/mol. The Bertz CT molecular complexity index is 1620. The van der Waals surface area contributed by atoms with Crippen molar-refractivity contribution in [1.82, 2.24) is 19.8 Å². The van der Waals surface area contributed by atoms with E-state index in [1.165, 1.54) is 28.3 Å². The summed E-state index contributed by atoms with van der Waals surface area (Å²) in [5.41, 5.74) is 6.31. The average molecular weight is 581 g/mol. The molecule has 0 aliphatic heterocycles. The van der Waals surface area contributed by atoms with Crippen LogP contribution in [0.25, 0.3) is 33.1 Å². The number of para-hydroxylation sites is 1. The first kappa shape index (κ1) is 30.4. The van der Waals surface area contributed by atoms with Crippen molar-refractivity contribution in [1.29, 1.82) is 0 Å². The number of unbranched alkanes of at least 4 members (excludes halogenated alkanes) is 1. The Hall–Kier alpha value is -4.07. The second-order valence-electron chi connectivity index (χ2n) is 10.8. The molecule has 0 radical (unpaired) electrons. The van der Waals surface area contributed by atoms with Crippen LogP contribution in [0.3, 0.4) is 0 Å². The van der Waals surface area contributed by atoms with Crippen molar-refractivity contribution in [2.75, 3.05) is 47.5 Å². The number of hydrogen-bond donors (Lipinski definition) is 1. The van der Waals surface area contributed by atoms with E-state index in [2.05, 4.69) is 89.3 Å². The van der Waals surface area contributed by atoms with E-state index < -0.39 is 0 Å². The average Bonchev–Trinajstić information content (AvgIpc) is 3.36. The fourth-order valence-corrected chi connectivity index (χ4v) is 5.91. The van der Waals surface area contributed by atoms with Crippen molar-refractivity contribution in [3.05, 3.63) is 84.1 Å². The first-order valence-corrected chi connectivity index (χ1v) is 15.3. The zero-order chi connectivity index (χ0) is 30.2. The Morgan fingerprint density at radius 2 is 1.49 bits per heavy atom. The number of ether oxygens (including phenoxy) is 3. The summed E-state index contributed by atoms with van der Waals surface area (Å²) in [4.78, 5) is 7.78. The third-order valence-corrected chi connectivity index (χ3v) is 8.20. The minimum Gasteiger partial charge on any atom is -0.493 e. The van der Waals surface area contributed by atoms with Gasteiger partial charge in [-0.25, -0.2) is 4.98 Å². The quantitative estimate of drug-likeness (QED) is 0.133. The Kier molecular flexibility index (Phi) is 10.2. The van der Waals surface area contributed by atoms with Crippen LogP contribution in [0.4, 0.5) is 0 Å². The van der Waals surface area contributed by atoms with Crippen molar-refractivity contribution >= 4 is 21.8 Å².